The van der Waals surface area contributed by atoms with Crippen molar-refractivity contribution in [1.82, 2.24) is 5.32 Å². The third kappa shape index (κ3) is 4.39. The number of rotatable bonds is 7. The van der Waals surface area contributed by atoms with Gasteiger partial charge in [-0.15, -0.1) is 0 Å². The minimum absolute atomic E-state index is 0.0927. The Balaban J connectivity index is 2.02. The minimum atomic E-state index is -1.25. The molecule has 0 saturated heterocycles. The number of nitro benzene ring substituents is 1. The van der Waals surface area contributed by atoms with Crippen LogP contribution >= 0.6 is 0 Å². The van der Waals surface area contributed by atoms with Gasteiger partial charge in [0.05, 0.1) is 22.8 Å². The van der Waals surface area contributed by atoms with Crippen LogP contribution in [0.4, 0.5) is 5.69 Å². The molecule has 2 aromatic carbocycles. The number of amides is 1. The van der Waals surface area contributed by atoms with Crippen LogP contribution < -0.4 is 10.1 Å². The average molecular weight is 348 g/mol. The average Bonchev–Trinajstić information content (AvgIpc) is 2.61. The van der Waals surface area contributed by atoms with Crippen LogP contribution in [0, 0.1) is 10.1 Å². The number of ether oxygens (including phenoxy) is 1. The van der Waals surface area contributed by atoms with Gasteiger partial charge >= 0.3 is 0 Å². The number of nitrogens with zero attached hydrogens (tertiary/aromatic N) is 1. The van der Waals surface area contributed by atoms with E-state index in [4.69, 9.17) is 4.74 Å². The number of hydrogen-bond acceptors (Lipinski definition) is 5. The minimum Gasteiger partial charge on any atom is -0.497 e. The van der Waals surface area contributed by atoms with Crippen LogP contribution in [0.5, 0.6) is 5.75 Å². The number of methoxy groups -OCH3 is 1. The van der Waals surface area contributed by atoms with E-state index in [2.05, 4.69) is 5.32 Å². The lowest BCUT2D eigenvalue weighted by Crippen LogP contribution is -2.28. The van der Waals surface area contributed by atoms with Crippen LogP contribution in [0.2, 0.25) is 0 Å². The van der Waals surface area contributed by atoms with Gasteiger partial charge in [0.2, 0.25) is 0 Å². The largest absolute Gasteiger partial charge is 0.497 e. The maximum Gasteiger partial charge on any atom is 0.282 e. The second-order valence-electron chi connectivity index (χ2n) is 4.76. The van der Waals surface area contributed by atoms with Crippen LogP contribution in [0.25, 0.3) is 0 Å². The maximum atomic E-state index is 12.2. The van der Waals surface area contributed by atoms with Gasteiger partial charge in [0.15, 0.2) is 0 Å². The molecular formula is C16H16N2O5S. The number of hydrogen-bond donors (Lipinski definition) is 1. The summed E-state index contributed by atoms with van der Waals surface area (Å²) < 4.78 is 17.1. The van der Waals surface area contributed by atoms with Crippen molar-refractivity contribution in [2.24, 2.45) is 0 Å². The smallest absolute Gasteiger partial charge is 0.282 e. The van der Waals surface area contributed by atoms with Crippen molar-refractivity contribution in [3.63, 3.8) is 0 Å². The number of nitrogens with one attached hydrogen (secondary N) is 1. The molecule has 2 aromatic rings. The van der Waals surface area contributed by atoms with Gasteiger partial charge < -0.3 is 10.1 Å². The fourth-order valence-corrected chi connectivity index (χ4v) is 3.01. The highest BCUT2D eigenvalue weighted by Gasteiger charge is 2.21. The van der Waals surface area contributed by atoms with E-state index in [1.54, 1.807) is 24.3 Å². The zero-order chi connectivity index (χ0) is 17.5. The normalized spacial score (nSPS) is 11.5. The Morgan fingerprint density at radius 2 is 1.96 bits per heavy atom. The van der Waals surface area contributed by atoms with Crippen molar-refractivity contribution in [2.75, 3.05) is 19.4 Å². The van der Waals surface area contributed by atoms with E-state index >= 15 is 0 Å². The summed E-state index contributed by atoms with van der Waals surface area (Å²) in [6.45, 7) is 0.134. The molecular weight excluding hydrogens is 332 g/mol. The summed E-state index contributed by atoms with van der Waals surface area (Å²) >= 11 is 0. The first kappa shape index (κ1) is 17.6. The van der Waals surface area contributed by atoms with E-state index in [9.17, 15) is 19.1 Å². The second-order valence-corrected chi connectivity index (χ2v) is 6.33. The van der Waals surface area contributed by atoms with E-state index in [0.29, 0.717) is 10.6 Å². The molecule has 24 heavy (non-hydrogen) atoms. The van der Waals surface area contributed by atoms with Crippen LogP contribution in [0.15, 0.2) is 53.4 Å². The predicted octanol–water partition coefficient (Wildman–Crippen LogP) is 2.14. The molecule has 0 aliphatic heterocycles. The Morgan fingerprint density at radius 1 is 1.25 bits per heavy atom. The van der Waals surface area contributed by atoms with Crippen LogP contribution in [0.3, 0.4) is 0 Å². The third-order valence-corrected chi connectivity index (χ3v) is 4.60. The molecule has 1 atom stereocenters. The van der Waals surface area contributed by atoms with E-state index in [1.807, 2.05) is 6.07 Å². The molecule has 1 amide bonds. The summed E-state index contributed by atoms with van der Waals surface area (Å²) in [6, 6.07) is 12.8. The Hall–Kier alpha value is -2.74. The van der Waals surface area contributed by atoms with Crippen molar-refractivity contribution >= 4 is 22.4 Å². The fourth-order valence-electron chi connectivity index (χ4n) is 2.03. The molecule has 0 bridgehead atoms. The molecule has 7 nitrogen and oxygen atoms in total. The van der Waals surface area contributed by atoms with Gasteiger partial charge in [-0.05, 0) is 24.3 Å². The van der Waals surface area contributed by atoms with Crippen molar-refractivity contribution in [3.8, 4) is 5.75 Å². The summed E-state index contributed by atoms with van der Waals surface area (Å²) in [6.07, 6.45) is 0. The fraction of sp³-hybridized carbons (Fsp3) is 0.188. The number of benzene rings is 2. The molecule has 1 unspecified atom stereocenters. The number of nitro groups is 1. The van der Waals surface area contributed by atoms with Gasteiger partial charge in [-0.1, -0.05) is 18.2 Å². The monoisotopic (exact) mass is 348 g/mol. The lowest BCUT2D eigenvalue weighted by Gasteiger charge is -2.07. The molecule has 2 rings (SSSR count). The standard InChI is InChI=1S/C16H16N2O5S/c1-23-12-7-8-15(18(20)21)14(11-12)16(19)17-9-10-24(22)13-5-3-2-4-6-13/h2-8,11H,9-10H2,1H3,(H,17,19). The lowest BCUT2D eigenvalue weighted by molar-refractivity contribution is -0.385. The van der Waals surface area contributed by atoms with Gasteiger partial charge in [0.1, 0.15) is 11.3 Å². The zero-order valence-corrected chi connectivity index (χ0v) is 13.7. The second kappa shape index (κ2) is 8.21. The van der Waals surface area contributed by atoms with E-state index in [0.717, 1.165) is 0 Å². The molecule has 0 radical (unpaired) electrons. The molecule has 0 saturated carbocycles. The van der Waals surface area contributed by atoms with Crippen molar-refractivity contribution in [1.29, 1.82) is 0 Å². The highest BCUT2D eigenvalue weighted by Crippen LogP contribution is 2.23. The third-order valence-electron chi connectivity index (χ3n) is 3.22. The van der Waals surface area contributed by atoms with Crippen LogP contribution in [-0.2, 0) is 10.8 Å². The molecule has 0 aliphatic carbocycles. The Morgan fingerprint density at radius 3 is 2.58 bits per heavy atom. The first-order valence-corrected chi connectivity index (χ1v) is 8.39. The quantitative estimate of drug-likeness (QED) is 0.610. The summed E-state index contributed by atoms with van der Waals surface area (Å²) in [5.74, 6) is -0.0441. The SMILES string of the molecule is COc1ccc([N+](=O)[O-])c(C(=O)NCCS(=O)c2ccccc2)c1. The van der Waals surface area contributed by atoms with Crippen molar-refractivity contribution in [2.45, 2.75) is 4.90 Å². The molecule has 0 aliphatic rings. The Labute approximate surface area is 141 Å². The molecule has 8 heteroatoms. The number of carbonyl (C=O) groups excluding carboxylic acids is 1. The number of carbonyl (C=O) groups is 1. The lowest BCUT2D eigenvalue weighted by atomic mass is 10.1. The van der Waals surface area contributed by atoms with E-state index in [1.165, 1.54) is 25.3 Å². The Kier molecular flexibility index (Phi) is 6.02. The van der Waals surface area contributed by atoms with E-state index in [-0.39, 0.29) is 23.5 Å². The predicted molar refractivity (Wildman–Crippen MR) is 89.7 cm³/mol. The van der Waals surface area contributed by atoms with Gasteiger partial charge in [-0.3, -0.25) is 19.1 Å². The van der Waals surface area contributed by atoms with Gasteiger partial charge in [0, 0.05) is 23.3 Å². The highest BCUT2D eigenvalue weighted by molar-refractivity contribution is 7.85. The highest BCUT2D eigenvalue weighted by atomic mass is 32.2. The van der Waals surface area contributed by atoms with E-state index < -0.39 is 21.6 Å². The first-order chi connectivity index (χ1) is 11.5. The summed E-state index contributed by atoms with van der Waals surface area (Å²) in [5.41, 5.74) is -0.401. The van der Waals surface area contributed by atoms with Crippen molar-refractivity contribution in [3.05, 3.63) is 64.2 Å². The van der Waals surface area contributed by atoms with Gasteiger partial charge in [0.25, 0.3) is 11.6 Å². The molecule has 126 valence electrons. The first-order valence-electron chi connectivity index (χ1n) is 7.07. The van der Waals surface area contributed by atoms with Gasteiger partial charge in [-0.25, -0.2) is 0 Å². The Bertz CT molecular complexity index is 764. The topological polar surface area (TPSA) is 98.5 Å². The molecule has 0 heterocycles. The molecule has 0 fully saturated rings. The summed E-state index contributed by atoms with van der Waals surface area (Å²) in [7, 11) is 0.159. The molecule has 1 N–H and O–H groups in total. The zero-order valence-electron chi connectivity index (χ0n) is 12.9. The van der Waals surface area contributed by atoms with Gasteiger partial charge in [-0.2, -0.15) is 0 Å². The maximum absolute atomic E-state index is 12.2. The van der Waals surface area contributed by atoms with Crippen LogP contribution in [-0.4, -0.2) is 34.4 Å². The van der Waals surface area contributed by atoms with Crippen molar-refractivity contribution < 1.29 is 18.7 Å². The summed E-state index contributed by atoms with van der Waals surface area (Å²) in [4.78, 5) is 23.3. The molecule has 0 aromatic heterocycles. The molecule has 0 spiro atoms. The summed E-state index contributed by atoms with van der Waals surface area (Å²) in [5, 5.41) is 13.6. The van der Waals surface area contributed by atoms with Crippen LogP contribution in [0.1, 0.15) is 10.4 Å².